The highest BCUT2D eigenvalue weighted by Crippen LogP contribution is 2.23. The summed E-state index contributed by atoms with van der Waals surface area (Å²) in [5.74, 6) is 0.425. The van der Waals surface area contributed by atoms with Gasteiger partial charge < -0.3 is 14.8 Å². The molecule has 0 unspecified atom stereocenters. The van der Waals surface area contributed by atoms with Gasteiger partial charge in [0, 0.05) is 12.7 Å². The topological polar surface area (TPSA) is 84.2 Å². The molecule has 0 aliphatic rings. The first-order valence-electron chi connectivity index (χ1n) is 6.63. The van der Waals surface area contributed by atoms with Gasteiger partial charge in [-0.2, -0.15) is 5.26 Å². The fourth-order valence-corrected chi connectivity index (χ4v) is 2.18. The third kappa shape index (κ3) is 3.90. The summed E-state index contributed by atoms with van der Waals surface area (Å²) in [6, 6.07) is 8.68. The smallest absolute Gasteiger partial charge is 0.341 e. The van der Waals surface area contributed by atoms with E-state index in [2.05, 4.69) is 10.3 Å². The number of nitrogens with one attached hydrogen (secondary N) is 1. The first-order chi connectivity index (χ1) is 11.1. The normalized spacial score (nSPS) is 9.83. The van der Waals surface area contributed by atoms with Crippen LogP contribution < -0.4 is 10.1 Å². The number of aromatic nitrogens is 1. The minimum Gasteiger partial charge on any atom is -0.496 e. The van der Waals surface area contributed by atoms with Gasteiger partial charge in [-0.3, -0.25) is 0 Å². The maximum Gasteiger partial charge on any atom is 0.341 e. The fraction of sp³-hybridized carbons (Fsp3) is 0.188. The minimum atomic E-state index is -0.474. The Balaban J connectivity index is 2.18. The monoisotopic (exact) mass is 331 g/mol. The van der Waals surface area contributed by atoms with Gasteiger partial charge in [0.25, 0.3) is 0 Å². The maximum atomic E-state index is 11.8. The number of halogens is 1. The Labute approximate surface area is 138 Å². The second kappa shape index (κ2) is 7.47. The van der Waals surface area contributed by atoms with E-state index in [1.54, 1.807) is 12.1 Å². The number of anilines is 1. The lowest BCUT2D eigenvalue weighted by Gasteiger charge is -2.11. The predicted octanol–water partition coefficient (Wildman–Crippen LogP) is 3.01. The quantitative estimate of drug-likeness (QED) is 0.848. The Morgan fingerprint density at radius 1 is 1.39 bits per heavy atom. The molecule has 2 rings (SSSR count). The molecule has 0 atom stereocenters. The van der Waals surface area contributed by atoms with Gasteiger partial charge in [0.05, 0.1) is 24.8 Å². The van der Waals surface area contributed by atoms with Crippen molar-refractivity contribution in [3.8, 4) is 11.8 Å². The van der Waals surface area contributed by atoms with Crippen LogP contribution in [0.15, 0.2) is 30.5 Å². The van der Waals surface area contributed by atoms with Crippen LogP contribution in [0, 0.1) is 11.3 Å². The molecule has 0 amide bonds. The number of hydrogen-bond acceptors (Lipinski definition) is 6. The van der Waals surface area contributed by atoms with E-state index in [4.69, 9.17) is 26.3 Å². The summed E-state index contributed by atoms with van der Waals surface area (Å²) in [5.41, 5.74) is 1.56. The average molecular weight is 332 g/mol. The van der Waals surface area contributed by atoms with Gasteiger partial charge in [-0.15, -0.1) is 0 Å². The van der Waals surface area contributed by atoms with E-state index in [-0.39, 0.29) is 0 Å². The van der Waals surface area contributed by atoms with E-state index in [9.17, 15) is 4.79 Å². The molecule has 0 spiro atoms. The van der Waals surface area contributed by atoms with E-state index in [0.29, 0.717) is 34.3 Å². The van der Waals surface area contributed by atoms with Crippen LogP contribution >= 0.6 is 11.6 Å². The number of rotatable bonds is 5. The van der Waals surface area contributed by atoms with Crippen LogP contribution in [0.5, 0.6) is 5.75 Å². The molecule has 0 radical (unpaired) electrons. The van der Waals surface area contributed by atoms with Gasteiger partial charge >= 0.3 is 5.97 Å². The Hall–Kier alpha value is -2.78. The van der Waals surface area contributed by atoms with Crippen LogP contribution in [0.1, 0.15) is 21.5 Å². The van der Waals surface area contributed by atoms with Gasteiger partial charge in [0.2, 0.25) is 0 Å². The van der Waals surface area contributed by atoms with Crippen LogP contribution in [0.2, 0.25) is 5.02 Å². The fourth-order valence-electron chi connectivity index (χ4n) is 1.95. The lowest BCUT2D eigenvalue weighted by molar-refractivity contribution is 0.0597. The van der Waals surface area contributed by atoms with Gasteiger partial charge in [0.1, 0.15) is 23.2 Å². The van der Waals surface area contributed by atoms with Crippen LogP contribution in [-0.4, -0.2) is 25.2 Å². The highest BCUT2D eigenvalue weighted by atomic mass is 35.5. The molecule has 1 heterocycles. The molecule has 0 fully saturated rings. The largest absolute Gasteiger partial charge is 0.496 e. The van der Waals surface area contributed by atoms with Crippen molar-refractivity contribution in [3.63, 3.8) is 0 Å². The molecular formula is C16H14ClN3O3. The summed E-state index contributed by atoms with van der Waals surface area (Å²) in [6.07, 6.45) is 1.43. The van der Waals surface area contributed by atoms with E-state index < -0.39 is 5.97 Å². The van der Waals surface area contributed by atoms with E-state index >= 15 is 0 Å². The second-order valence-electron chi connectivity index (χ2n) is 4.55. The van der Waals surface area contributed by atoms with Crippen molar-refractivity contribution in [2.45, 2.75) is 6.54 Å². The van der Waals surface area contributed by atoms with Gasteiger partial charge in [-0.05, 0) is 23.8 Å². The Kier molecular flexibility index (Phi) is 5.39. The molecule has 23 heavy (non-hydrogen) atoms. The first-order valence-corrected chi connectivity index (χ1v) is 7.01. The first kappa shape index (κ1) is 16.6. The minimum absolute atomic E-state index is 0.341. The molecule has 1 aromatic carbocycles. The second-order valence-corrected chi connectivity index (χ2v) is 4.95. The maximum absolute atomic E-state index is 11.8. The number of hydrogen-bond donors (Lipinski definition) is 1. The molecule has 6 nitrogen and oxygen atoms in total. The molecule has 118 valence electrons. The van der Waals surface area contributed by atoms with Crippen molar-refractivity contribution >= 4 is 23.4 Å². The zero-order valence-corrected chi connectivity index (χ0v) is 13.3. The van der Waals surface area contributed by atoms with Crippen molar-refractivity contribution < 1.29 is 14.3 Å². The molecule has 0 aliphatic carbocycles. The highest BCUT2D eigenvalue weighted by molar-refractivity contribution is 6.33. The van der Waals surface area contributed by atoms with Crippen molar-refractivity contribution in [2.24, 2.45) is 0 Å². The van der Waals surface area contributed by atoms with Crippen LogP contribution in [0.3, 0.4) is 0 Å². The van der Waals surface area contributed by atoms with E-state index in [1.807, 2.05) is 12.1 Å². The van der Waals surface area contributed by atoms with Crippen molar-refractivity contribution in [2.75, 3.05) is 19.5 Å². The summed E-state index contributed by atoms with van der Waals surface area (Å²) >= 11 is 6.06. The third-order valence-electron chi connectivity index (χ3n) is 3.10. The summed E-state index contributed by atoms with van der Waals surface area (Å²) in [6.45, 7) is 0.395. The summed E-state index contributed by atoms with van der Waals surface area (Å²) in [7, 11) is 2.80. The average Bonchev–Trinajstić information content (AvgIpc) is 2.59. The van der Waals surface area contributed by atoms with Gasteiger partial charge in [0.15, 0.2) is 0 Å². The summed E-state index contributed by atoms with van der Waals surface area (Å²) < 4.78 is 9.88. The van der Waals surface area contributed by atoms with Crippen LogP contribution in [-0.2, 0) is 11.3 Å². The Morgan fingerprint density at radius 2 is 2.17 bits per heavy atom. The Bertz CT molecular complexity index is 772. The molecular weight excluding hydrogens is 318 g/mol. The SMILES string of the molecule is COC(=O)c1cc(CNc2ncc(C#N)cc2Cl)ccc1OC. The van der Waals surface area contributed by atoms with E-state index in [1.165, 1.54) is 26.5 Å². The summed E-state index contributed by atoms with van der Waals surface area (Å²) in [5, 5.41) is 12.2. The number of methoxy groups -OCH3 is 2. The van der Waals surface area contributed by atoms with Crippen molar-refractivity contribution in [1.82, 2.24) is 4.98 Å². The summed E-state index contributed by atoms with van der Waals surface area (Å²) in [4.78, 5) is 15.8. The number of esters is 1. The zero-order chi connectivity index (χ0) is 16.8. The van der Waals surface area contributed by atoms with E-state index in [0.717, 1.165) is 5.56 Å². The molecule has 1 aromatic heterocycles. The third-order valence-corrected chi connectivity index (χ3v) is 3.39. The molecule has 7 heteroatoms. The molecule has 1 N–H and O–H groups in total. The lowest BCUT2D eigenvalue weighted by Crippen LogP contribution is -2.07. The zero-order valence-electron chi connectivity index (χ0n) is 12.6. The number of benzene rings is 1. The number of nitriles is 1. The molecule has 0 saturated carbocycles. The number of nitrogens with zero attached hydrogens (tertiary/aromatic N) is 2. The highest BCUT2D eigenvalue weighted by Gasteiger charge is 2.13. The van der Waals surface area contributed by atoms with Crippen LogP contribution in [0.25, 0.3) is 0 Å². The predicted molar refractivity (Wildman–Crippen MR) is 85.6 cm³/mol. The van der Waals surface area contributed by atoms with Gasteiger partial charge in [-0.25, -0.2) is 9.78 Å². The van der Waals surface area contributed by atoms with Gasteiger partial charge in [-0.1, -0.05) is 17.7 Å². The number of carbonyl (C=O) groups is 1. The molecule has 0 aliphatic heterocycles. The van der Waals surface area contributed by atoms with Crippen molar-refractivity contribution in [3.05, 3.63) is 52.2 Å². The molecule has 2 aromatic rings. The standard InChI is InChI=1S/C16H14ClN3O3/c1-22-14-4-3-10(5-12(14)16(21)23-2)8-19-15-13(17)6-11(7-18)9-20-15/h3-6,9H,8H2,1-2H3,(H,19,20). The van der Waals surface area contributed by atoms with Crippen molar-refractivity contribution in [1.29, 1.82) is 5.26 Å². The van der Waals surface area contributed by atoms with Crippen LogP contribution in [0.4, 0.5) is 5.82 Å². The Morgan fingerprint density at radius 3 is 2.78 bits per heavy atom. The number of carbonyl (C=O) groups excluding carboxylic acids is 1. The molecule has 0 bridgehead atoms. The molecule has 0 saturated heterocycles. The number of pyridine rings is 1. The lowest BCUT2D eigenvalue weighted by atomic mass is 10.1. The number of ether oxygens (including phenoxy) is 2.